The second kappa shape index (κ2) is 6.17. The summed E-state index contributed by atoms with van der Waals surface area (Å²) in [7, 11) is 0. The fourth-order valence-electron chi connectivity index (χ4n) is 1.90. The molecule has 0 radical (unpaired) electrons. The molecule has 0 amide bonds. The number of hydrogen-bond acceptors (Lipinski definition) is 4. The van der Waals surface area contributed by atoms with Crippen molar-refractivity contribution in [2.45, 2.75) is 0 Å². The highest BCUT2D eigenvalue weighted by Crippen LogP contribution is 2.22. The van der Waals surface area contributed by atoms with Gasteiger partial charge in [0.25, 0.3) is 0 Å². The summed E-state index contributed by atoms with van der Waals surface area (Å²) in [4.78, 5) is 8.03. The Labute approximate surface area is 125 Å². The van der Waals surface area contributed by atoms with Crippen molar-refractivity contribution in [3.05, 3.63) is 72.6 Å². The minimum Gasteiger partial charge on any atom is -0.338 e. The molecule has 3 aromatic rings. The minimum absolute atomic E-state index is 0.304. The lowest BCUT2D eigenvalue weighted by Gasteiger charge is -2.09. The zero-order chi connectivity index (χ0) is 15.4. The van der Waals surface area contributed by atoms with Gasteiger partial charge in [-0.05, 0) is 24.3 Å². The van der Waals surface area contributed by atoms with Gasteiger partial charge >= 0.3 is 0 Å². The maximum Gasteiger partial charge on any atom is 0.146 e. The normalized spacial score (nSPS) is 10.3. The average Bonchev–Trinajstić information content (AvgIpc) is 2.52. The van der Waals surface area contributed by atoms with Gasteiger partial charge in [-0.1, -0.05) is 24.3 Å². The van der Waals surface area contributed by atoms with Gasteiger partial charge in [-0.2, -0.15) is 0 Å². The largest absolute Gasteiger partial charge is 0.338 e. The molecule has 110 valence electrons. The number of benzene rings is 2. The molecule has 3 rings (SSSR count). The lowest BCUT2D eigenvalue weighted by atomic mass is 10.3. The van der Waals surface area contributed by atoms with E-state index in [1.165, 1.54) is 18.5 Å². The Morgan fingerprint density at radius 2 is 1.14 bits per heavy atom. The van der Waals surface area contributed by atoms with Gasteiger partial charge in [0.1, 0.15) is 29.6 Å². The number of rotatable bonds is 4. The van der Waals surface area contributed by atoms with Crippen LogP contribution < -0.4 is 10.6 Å². The van der Waals surface area contributed by atoms with Crippen molar-refractivity contribution in [3.63, 3.8) is 0 Å². The zero-order valence-corrected chi connectivity index (χ0v) is 11.4. The van der Waals surface area contributed by atoms with Gasteiger partial charge < -0.3 is 10.6 Å². The van der Waals surface area contributed by atoms with Crippen molar-refractivity contribution in [2.75, 3.05) is 10.6 Å². The molecule has 0 aliphatic carbocycles. The summed E-state index contributed by atoms with van der Waals surface area (Å²) in [5.74, 6) is 0.0346. The molecule has 2 N–H and O–H groups in total. The van der Waals surface area contributed by atoms with Gasteiger partial charge in [0, 0.05) is 6.07 Å². The highest BCUT2D eigenvalue weighted by molar-refractivity contribution is 5.63. The lowest BCUT2D eigenvalue weighted by Crippen LogP contribution is -2.00. The van der Waals surface area contributed by atoms with Crippen molar-refractivity contribution in [3.8, 4) is 0 Å². The SMILES string of the molecule is Fc1ccccc1Nc1cc(Nc2ccccc2F)ncn1. The molecule has 1 aromatic heterocycles. The number of nitrogens with zero attached hydrogens (tertiary/aromatic N) is 2. The Morgan fingerprint density at radius 1 is 0.682 bits per heavy atom. The van der Waals surface area contributed by atoms with Gasteiger partial charge in [0.15, 0.2) is 0 Å². The van der Waals surface area contributed by atoms with Crippen LogP contribution in [0.25, 0.3) is 0 Å². The molecule has 0 atom stereocenters. The van der Waals surface area contributed by atoms with Crippen molar-refractivity contribution in [1.29, 1.82) is 0 Å². The van der Waals surface area contributed by atoms with Gasteiger partial charge in [0.2, 0.25) is 0 Å². The summed E-state index contributed by atoms with van der Waals surface area (Å²) in [6.45, 7) is 0. The number of halogens is 2. The topological polar surface area (TPSA) is 49.8 Å². The highest BCUT2D eigenvalue weighted by Gasteiger charge is 2.05. The van der Waals surface area contributed by atoms with Crippen molar-refractivity contribution in [1.82, 2.24) is 9.97 Å². The standard InChI is InChI=1S/C16H12F2N4/c17-11-5-1-3-7-13(11)21-15-9-16(20-10-19-15)22-14-8-4-2-6-12(14)18/h1-10H,(H2,19,20,21,22). The Kier molecular flexibility index (Phi) is 3.91. The second-order valence-electron chi connectivity index (χ2n) is 4.50. The number of para-hydroxylation sites is 2. The van der Waals surface area contributed by atoms with E-state index in [1.54, 1.807) is 42.5 Å². The predicted octanol–water partition coefficient (Wildman–Crippen LogP) is 4.24. The van der Waals surface area contributed by atoms with E-state index in [2.05, 4.69) is 20.6 Å². The van der Waals surface area contributed by atoms with Crippen LogP contribution in [0.4, 0.5) is 31.8 Å². The van der Waals surface area contributed by atoms with E-state index in [9.17, 15) is 8.78 Å². The fraction of sp³-hybridized carbons (Fsp3) is 0. The molecule has 0 unspecified atom stereocenters. The Bertz CT molecular complexity index is 730. The molecule has 0 bridgehead atoms. The average molecular weight is 298 g/mol. The maximum atomic E-state index is 13.6. The summed E-state index contributed by atoms with van der Waals surface area (Å²) in [6, 6.07) is 14.1. The van der Waals surface area contributed by atoms with Crippen LogP contribution in [0.15, 0.2) is 60.9 Å². The van der Waals surface area contributed by atoms with Crippen LogP contribution in [-0.4, -0.2) is 9.97 Å². The Morgan fingerprint density at radius 3 is 1.59 bits per heavy atom. The summed E-state index contributed by atoms with van der Waals surface area (Å²) < 4.78 is 27.2. The van der Waals surface area contributed by atoms with Crippen molar-refractivity contribution < 1.29 is 8.78 Å². The van der Waals surface area contributed by atoms with Crippen LogP contribution in [0.1, 0.15) is 0 Å². The number of anilines is 4. The van der Waals surface area contributed by atoms with E-state index < -0.39 is 0 Å². The molecule has 4 nitrogen and oxygen atoms in total. The first kappa shape index (κ1) is 13.9. The van der Waals surface area contributed by atoms with E-state index in [1.807, 2.05) is 0 Å². The van der Waals surface area contributed by atoms with Gasteiger partial charge in [-0.15, -0.1) is 0 Å². The molecular weight excluding hydrogens is 286 g/mol. The van der Waals surface area contributed by atoms with E-state index in [4.69, 9.17) is 0 Å². The Balaban J connectivity index is 1.81. The molecule has 2 aromatic carbocycles. The zero-order valence-electron chi connectivity index (χ0n) is 11.4. The van der Waals surface area contributed by atoms with Crippen LogP contribution in [0.3, 0.4) is 0 Å². The van der Waals surface area contributed by atoms with E-state index in [0.29, 0.717) is 23.0 Å². The third-order valence-corrected chi connectivity index (χ3v) is 2.94. The van der Waals surface area contributed by atoms with E-state index >= 15 is 0 Å². The molecule has 1 heterocycles. The Hall–Kier alpha value is -3.02. The van der Waals surface area contributed by atoms with Gasteiger partial charge in [-0.25, -0.2) is 18.7 Å². The molecule has 0 aliphatic heterocycles. The van der Waals surface area contributed by atoms with E-state index in [-0.39, 0.29) is 11.6 Å². The molecular formula is C16H12F2N4. The molecule has 0 saturated heterocycles. The molecule has 6 heteroatoms. The van der Waals surface area contributed by atoms with Crippen LogP contribution >= 0.6 is 0 Å². The first-order valence-electron chi connectivity index (χ1n) is 6.57. The van der Waals surface area contributed by atoms with Crippen LogP contribution in [0.5, 0.6) is 0 Å². The van der Waals surface area contributed by atoms with Crippen molar-refractivity contribution >= 4 is 23.0 Å². The predicted molar refractivity (Wildman–Crippen MR) is 81.4 cm³/mol. The number of nitrogens with one attached hydrogen (secondary N) is 2. The molecule has 0 spiro atoms. The quantitative estimate of drug-likeness (QED) is 0.756. The third-order valence-electron chi connectivity index (χ3n) is 2.94. The first-order chi connectivity index (χ1) is 10.7. The molecule has 0 fully saturated rings. The van der Waals surface area contributed by atoms with Crippen LogP contribution in [0, 0.1) is 11.6 Å². The summed E-state index contributed by atoms with van der Waals surface area (Å²) in [6.07, 6.45) is 1.31. The summed E-state index contributed by atoms with van der Waals surface area (Å²) >= 11 is 0. The van der Waals surface area contributed by atoms with E-state index in [0.717, 1.165) is 0 Å². The van der Waals surface area contributed by atoms with Gasteiger partial charge in [-0.3, -0.25) is 0 Å². The molecule has 22 heavy (non-hydrogen) atoms. The molecule has 0 aliphatic rings. The monoisotopic (exact) mass is 298 g/mol. The summed E-state index contributed by atoms with van der Waals surface area (Å²) in [5, 5.41) is 5.71. The van der Waals surface area contributed by atoms with Crippen LogP contribution in [-0.2, 0) is 0 Å². The number of aromatic nitrogens is 2. The number of hydrogen-bond donors (Lipinski definition) is 2. The fourth-order valence-corrected chi connectivity index (χ4v) is 1.90. The first-order valence-corrected chi connectivity index (χ1v) is 6.57. The third kappa shape index (κ3) is 3.17. The second-order valence-corrected chi connectivity index (χ2v) is 4.50. The van der Waals surface area contributed by atoms with Gasteiger partial charge in [0.05, 0.1) is 11.4 Å². The lowest BCUT2D eigenvalue weighted by molar-refractivity contribution is 0.631. The smallest absolute Gasteiger partial charge is 0.146 e. The molecule has 0 saturated carbocycles. The summed E-state index contributed by atoms with van der Waals surface area (Å²) in [5.41, 5.74) is 0.607. The highest BCUT2D eigenvalue weighted by atomic mass is 19.1. The van der Waals surface area contributed by atoms with Crippen molar-refractivity contribution in [2.24, 2.45) is 0 Å². The minimum atomic E-state index is -0.385. The van der Waals surface area contributed by atoms with Crippen LogP contribution in [0.2, 0.25) is 0 Å². The maximum absolute atomic E-state index is 13.6.